The molecule has 1 heterocycles. The second-order valence-electron chi connectivity index (χ2n) is 7.70. The number of nitrogens with one attached hydrogen (secondary N) is 1. The van der Waals surface area contributed by atoms with Crippen LogP contribution >= 0.6 is 11.8 Å². The van der Waals surface area contributed by atoms with Gasteiger partial charge in [0.05, 0.1) is 0 Å². The zero-order valence-corrected chi connectivity index (χ0v) is 18.4. The zero-order valence-electron chi connectivity index (χ0n) is 17.6. The van der Waals surface area contributed by atoms with Gasteiger partial charge >= 0.3 is 17.7 Å². The lowest BCUT2D eigenvalue weighted by Gasteiger charge is -2.22. The second-order valence-corrected chi connectivity index (χ2v) is 8.68. The highest BCUT2D eigenvalue weighted by Gasteiger charge is 2.26. The highest BCUT2D eigenvalue weighted by molar-refractivity contribution is 7.98. The molecule has 1 amide bonds. The van der Waals surface area contributed by atoms with Crippen LogP contribution in [-0.2, 0) is 9.53 Å². The van der Waals surface area contributed by atoms with Gasteiger partial charge in [-0.15, -0.1) is 0 Å². The number of amides is 1. The van der Waals surface area contributed by atoms with Crippen LogP contribution in [0.2, 0.25) is 0 Å². The van der Waals surface area contributed by atoms with Gasteiger partial charge in [0.15, 0.2) is 0 Å². The molecule has 158 valence electrons. The van der Waals surface area contributed by atoms with Gasteiger partial charge in [0.2, 0.25) is 0 Å². The Balaban J connectivity index is 2.20. The first-order valence-electron chi connectivity index (χ1n) is 9.26. The summed E-state index contributed by atoms with van der Waals surface area (Å²) in [5.74, 6) is 0.269. The Morgan fingerprint density at radius 1 is 1.21 bits per heavy atom. The van der Waals surface area contributed by atoms with E-state index in [0.717, 1.165) is 10.9 Å². The Hall–Kier alpha value is -2.48. The first kappa shape index (κ1) is 22.8. The second kappa shape index (κ2) is 9.35. The average Bonchev–Trinajstić information content (AvgIpc) is 2.61. The lowest BCUT2D eigenvalue weighted by Crippen LogP contribution is -2.45. The van der Waals surface area contributed by atoms with Gasteiger partial charge in [0, 0.05) is 17.0 Å². The number of hydrogen-bond acceptors (Lipinski definition) is 7. The van der Waals surface area contributed by atoms with Gasteiger partial charge in [-0.1, -0.05) is 0 Å². The van der Waals surface area contributed by atoms with Gasteiger partial charge in [-0.2, -0.15) is 11.8 Å². The third-order valence-electron chi connectivity index (χ3n) is 4.23. The lowest BCUT2D eigenvalue weighted by atomic mass is 10.1. The number of thioether (sulfide) groups is 1. The summed E-state index contributed by atoms with van der Waals surface area (Å²) in [7, 11) is 0. The summed E-state index contributed by atoms with van der Waals surface area (Å²) in [5.41, 5.74) is 0.593. The van der Waals surface area contributed by atoms with E-state index >= 15 is 0 Å². The van der Waals surface area contributed by atoms with Crippen LogP contribution in [0.3, 0.4) is 0 Å². The van der Waals surface area contributed by atoms with Crippen LogP contribution < -0.4 is 15.7 Å². The van der Waals surface area contributed by atoms with E-state index in [0.29, 0.717) is 23.3 Å². The molecule has 0 fully saturated rings. The maximum absolute atomic E-state index is 12.6. The first-order chi connectivity index (χ1) is 13.5. The summed E-state index contributed by atoms with van der Waals surface area (Å²) < 4.78 is 16.0. The van der Waals surface area contributed by atoms with Crippen molar-refractivity contribution in [3.05, 3.63) is 39.7 Å². The van der Waals surface area contributed by atoms with Gasteiger partial charge in [-0.25, -0.2) is 14.4 Å². The topological polar surface area (TPSA) is 94.8 Å². The Labute approximate surface area is 174 Å². The van der Waals surface area contributed by atoms with Crippen molar-refractivity contribution >= 4 is 34.8 Å². The molecule has 1 aromatic carbocycles. The number of fused-ring (bicyclic) bond motifs is 1. The van der Waals surface area contributed by atoms with Crippen molar-refractivity contribution in [2.75, 3.05) is 12.0 Å². The molecular weight excluding hydrogens is 394 g/mol. The predicted molar refractivity (Wildman–Crippen MR) is 114 cm³/mol. The van der Waals surface area contributed by atoms with Crippen LogP contribution in [0.15, 0.2) is 27.4 Å². The van der Waals surface area contributed by atoms with Crippen LogP contribution in [0.25, 0.3) is 11.0 Å². The molecule has 2 rings (SSSR count). The quantitative estimate of drug-likeness (QED) is 0.428. The molecule has 0 saturated heterocycles. The van der Waals surface area contributed by atoms with E-state index in [2.05, 4.69) is 5.32 Å². The molecule has 2 aromatic rings. The van der Waals surface area contributed by atoms with Crippen LogP contribution in [0.5, 0.6) is 5.75 Å². The van der Waals surface area contributed by atoms with E-state index in [1.54, 1.807) is 51.6 Å². The van der Waals surface area contributed by atoms with Crippen molar-refractivity contribution in [1.82, 2.24) is 5.32 Å². The molecule has 1 aromatic heterocycles. The summed E-state index contributed by atoms with van der Waals surface area (Å²) in [6.07, 6.45) is 1.61. The van der Waals surface area contributed by atoms with Crippen molar-refractivity contribution in [3.63, 3.8) is 0 Å². The smallest absolute Gasteiger partial charge is 0.408 e. The minimum Gasteiger partial charge on any atom is -0.444 e. The van der Waals surface area contributed by atoms with Crippen LogP contribution in [0.1, 0.15) is 38.3 Å². The number of benzene rings is 1. The maximum atomic E-state index is 12.6. The fraction of sp³-hybridized carbons (Fsp3) is 0.476. The molecule has 0 aliphatic heterocycles. The molecule has 1 atom stereocenters. The summed E-state index contributed by atoms with van der Waals surface area (Å²) in [5, 5.41) is 3.34. The molecule has 0 aliphatic rings. The third-order valence-corrected chi connectivity index (χ3v) is 4.88. The fourth-order valence-electron chi connectivity index (χ4n) is 2.61. The number of alkyl carbamates (subject to hydrolysis) is 1. The number of aryl methyl sites for hydroxylation is 1. The molecule has 0 spiro atoms. The molecule has 0 aliphatic carbocycles. The first-order valence-corrected chi connectivity index (χ1v) is 10.7. The molecule has 0 bridgehead atoms. The maximum Gasteiger partial charge on any atom is 0.408 e. The van der Waals surface area contributed by atoms with E-state index in [1.807, 2.05) is 13.2 Å². The molecule has 8 heteroatoms. The van der Waals surface area contributed by atoms with Gasteiger partial charge in [-0.05, 0) is 70.7 Å². The Kier molecular flexibility index (Phi) is 7.35. The Morgan fingerprint density at radius 2 is 1.90 bits per heavy atom. The van der Waals surface area contributed by atoms with Crippen LogP contribution in [-0.4, -0.2) is 35.7 Å². The molecule has 1 unspecified atom stereocenters. The normalized spacial score (nSPS) is 12.5. The molecule has 7 nitrogen and oxygen atoms in total. The van der Waals surface area contributed by atoms with Crippen molar-refractivity contribution in [3.8, 4) is 5.75 Å². The van der Waals surface area contributed by atoms with Gasteiger partial charge in [-0.3, -0.25) is 0 Å². The molecule has 29 heavy (non-hydrogen) atoms. The highest BCUT2D eigenvalue weighted by atomic mass is 32.2. The minimum absolute atomic E-state index is 0.231. The van der Waals surface area contributed by atoms with Crippen molar-refractivity contribution < 1.29 is 23.5 Å². The zero-order chi connectivity index (χ0) is 21.8. The molecule has 0 saturated carbocycles. The number of ether oxygens (including phenoxy) is 2. The summed E-state index contributed by atoms with van der Waals surface area (Å²) in [6.45, 7) is 8.77. The number of carbonyl (C=O) groups excluding carboxylic acids is 2. The molecule has 0 radical (unpaired) electrons. The average molecular weight is 422 g/mol. The van der Waals surface area contributed by atoms with E-state index < -0.39 is 29.3 Å². The third kappa shape index (κ3) is 6.25. The molecular formula is C21H27NO6S. The van der Waals surface area contributed by atoms with Crippen LogP contribution in [0.4, 0.5) is 4.79 Å². The number of rotatable bonds is 6. The summed E-state index contributed by atoms with van der Waals surface area (Å²) in [6, 6.07) is 4.01. The lowest BCUT2D eigenvalue weighted by molar-refractivity contribution is -0.136. The number of hydrogen-bond donors (Lipinski definition) is 1. The monoisotopic (exact) mass is 421 g/mol. The Morgan fingerprint density at radius 3 is 2.52 bits per heavy atom. The summed E-state index contributed by atoms with van der Waals surface area (Å²) in [4.78, 5) is 36.6. The van der Waals surface area contributed by atoms with Gasteiger partial charge < -0.3 is 19.2 Å². The van der Waals surface area contributed by atoms with Gasteiger partial charge in [0.1, 0.15) is 23.0 Å². The largest absolute Gasteiger partial charge is 0.444 e. The van der Waals surface area contributed by atoms with E-state index in [-0.39, 0.29) is 5.75 Å². The summed E-state index contributed by atoms with van der Waals surface area (Å²) >= 11 is 1.55. The molecule has 1 N–H and O–H groups in total. The van der Waals surface area contributed by atoms with Gasteiger partial charge in [0.25, 0.3) is 0 Å². The van der Waals surface area contributed by atoms with E-state index in [4.69, 9.17) is 13.9 Å². The van der Waals surface area contributed by atoms with E-state index in [9.17, 15) is 14.4 Å². The van der Waals surface area contributed by atoms with Crippen LogP contribution in [0, 0.1) is 13.8 Å². The minimum atomic E-state index is -0.861. The van der Waals surface area contributed by atoms with Crippen molar-refractivity contribution in [2.45, 2.75) is 52.7 Å². The fourth-order valence-corrected chi connectivity index (χ4v) is 3.09. The Bertz CT molecular complexity index is 960. The van der Waals surface area contributed by atoms with E-state index in [1.165, 1.54) is 6.07 Å². The highest BCUT2D eigenvalue weighted by Crippen LogP contribution is 2.24. The number of carbonyl (C=O) groups is 2. The predicted octanol–water partition coefficient (Wildman–Crippen LogP) is 3.96. The number of esters is 1. The van der Waals surface area contributed by atoms with Crippen molar-refractivity contribution in [1.29, 1.82) is 0 Å². The van der Waals surface area contributed by atoms with Crippen molar-refractivity contribution in [2.24, 2.45) is 0 Å². The SMILES string of the molecule is CSCCC(NC(=O)OC(C)(C)C)C(=O)Oc1ccc2c(C)c(C)c(=O)oc2c1. The standard InChI is InChI=1S/C21H27NO6S/c1-12-13(2)18(23)27-17-11-14(7-8-15(12)17)26-19(24)16(9-10-29-6)22-20(25)28-21(3,4)5/h7-8,11,16H,9-10H2,1-6H3,(H,22,25).